The number of hydrogen-bond donors (Lipinski definition) is 2. The van der Waals surface area contributed by atoms with Crippen LogP contribution in [-0.4, -0.2) is 24.0 Å². The molecule has 1 amide bonds. The summed E-state index contributed by atoms with van der Waals surface area (Å²) in [5, 5.41) is 6.65. The minimum Gasteiger partial charge on any atom is -0.351 e. The third-order valence-corrected chi connectivity index (χ3v) is 3.59. The van der Waals surface area contributed by atoms with Crippen molar-refractivity contribution in [3.8, 4) is 0 Å². The zero-order valence-corrected chi connectivity index (χ0v) is 9.10. The van der Waals surface area contributed by atoms with E-state index in [1.54, 1.807) is 6.92 Å². The molecule has 0 aromatic carbocycles. The average molecular weight is 196 g/mol. The number of fused-ring (bicyclic) bond motifs is 1. The molecule has 2 N–H and O–H groups in total. The Balaban J connectivity index is 2.00. The highest BCUT2D eigenvalue weighted by Gasteiger charge is 2.43. The summed E-state index contributed by atoms with van der Waals surface area (Å²) in [7, 11) is 0. The quantitative estimate of drug-likeness (QED) is 0.658. The van der Waals surface area contributed by atoms with E-state index in [4.69, 9.17) is 0 Å². The number of piperidine rings is 1. The van der Waals surface area contributed by atoms with Gasteiger partial charge in [0, 0.05) is 18.5 Å². The lowest BCUT2D eigenvalue weighted by Crippen LogP contribution is -2.44. The van der Waals surface area contributed by atoms with Crippen LogP contribution in [0.2, 0.25) is 0 Å². The van der Waals surface area contributed by atoms with Crippen molar-refractivity contribution in [1.29, 1.82) is 0 Å². The van der Waals surface area contributed by atoms with Gasteiger partial charge in [-0.15, -0.1) is 0 Å². The van der Waals surface area contributed by atoms with Crippen molar-refractivity contribution in [2.24, 2.45) is 5.92 Å². The predicted octanol–water partition coefficient (Wildman–Crippen LogP) is 1.04. The van der Waals surface area contributed by atoms with Gasteiger partial charge < -0.3 is 10.6 Å². The summed E-state index contributed by atoms with van der Waals surface area (Å²) in [6.07, 6.45) is 4.85. The summed E-state index contributed by atoms with van der Waals surface area (Å²) >= 11 is 0. The molecule has 0 spiro atoms. The highest BCUT2D eigenvalue weighted by molar-refractivity contribution is 5.73. The number of nitrogens with one attached hydrogen (secondary N) is 2. The SMILES string of the molecule is CC(=O)NC1(C)CC2CCCNC2C1. The fourth-order valence-electron chi connectivity index (χ4n) is 3.18. The Morgan fingerprint density at radius 3 is 2.93 bits per heavy atom. The molecule has 3 atom stereocenters. The van der Waals surface area contributed by atoms with Crippen LogP contribution in [0, 0.1) is 5.92 Å². The van der Waals surface area contributed by atoms with E-state index >= 15 is 0 Å². The maximum absolute atomic E-state index is 11.1. The van der Waals surface area contributed by atoms with Gasteiger partial charge in [0.05, 0.1) is 0 Å². The molecule has 1 aliphatic carbocycles. The number of carbonyl (C=O) groups excluding carboxylic acids is 1. The lowest BCUT2D eigenvalue weighted by molar-refractivity contribution is -0.120. The number of rotatable bonds is 1. The van der Waals surface area contributed by atoms with Crippen LogP contribution in [0.25, 0.3) is 0 Å². The first-order valence-corrected chi connectivity index (χ1v) is 5.61. The summed E-state index contributed by atoms with van der Waals surface area (Å²) in [5.74, 6) is 0.881. The summed E-state index contributed by atoms with van der Waals surface area (Å²) in [6, 6.07) is 0.639. The number of carbonyl (C=O) groups is 1. The summed E-state index contributed by atoms with van der Waals surface area (Å²) in [5.41, 5.74) is 0.0402. The fourth-order valence-corrected chi connectivity index (χ4v) is 3.18. The molecule has 1 heterocycles. The molecule has 1 aliphatic heterocycles. The van der Waals surface area contributed by atoms with Crippen LogP contribution in [0.15, 0.2) is 0 Å². The van der Waals surface area contributed by atoms with Crippen molar-refractivity contribution in [3.05, 3.63) is 0 Å². The number of hydrogen-bond acceptors (Lipinski definition) is 2. The highest BCUT2D eigenvalue weighted by Crippen LogP contribution is 2.38. The van der Waals surface area contributed by atoms with Crippen LogP contribution in [-0.2, 0) is 4.79 Å². The molecule has 2 rings (SSSR count). The Labute approximate surface area is 85.6 Å². The van der Waals surface area contributed by atoms with E-state index in [9.17, 15) is 4.79 Å². The van der Waals surface area contributed by atoms with Crippen molar-refractivity contribution in [1.82, 2.24) is 10.6 Å². The molecule has 14 heavy (non-hydrogen) atoms. The van der Waals surface area contributed by atoms with Gasteiger partial charge in [0.25, 0.3) is 0 Å². The molecule has 0 aromatic heterocycles. The van der Waals surface area contributed by atoms with Crippen LogP contribution in [0.1, 0.15) is 39.5 Å². The molecule has 80 valence electrons. The maximum atomic E-state index is 11.1. The first kappa shape index (κ1) is 9.97. The zero-order valence-electron chi connectivity index (χ0n) is 9.10. The van der Waals surface area contributed by atoms with E-state index in [1.165, 1.54) is 12.8 Å². The van der Waals surface area contributed by atoms with E-state index in [0.717, 1.165) is 25.3 Å². The lowest BCUT2D eigenvalue weighted by Gasteiger charge is -2.25. The first-order chi connectivity index (χ1) is 6.59. The Hall–Kier alpha value is -0.570. The highest BCUT2D eigenvalue weighted by atomic mass is 16.1. The molecular weight excluding hydrogens is 176 g/mol. The normalized spacial score (nSPS) is 41.9. The molecule has 2 aliphatic rings. The van der Waals surface area contributed by atoms with Crippen molar-refractivity contribution in [2.45, 2.75) is 51.1 Å². The minimum absolute atomic E-state index is 0.0402. The lowest BCUT2D eigenvalue weighted by atomic mass is 9.93. The van der Waals surface area contributed by atoms with Gasteiger partial charge >= 0.3 is 0 Å². The topological polar surface area (TPSA) is 41.1 Å². The zero-order chi connectivity index (χ0) is 10.2. The summed E-state index contributed by atoms with van der Waals surface area (Å²) in [4.78, 5) is 11.1. The Morgan fingerprint density at radius 1 is 1.50 bits per heavy atom. The third-order valence-electron chi connectivity index (χ3n) is 3.59. The summed E-state index contributed by atoms with van der Waals surface area (Å²) in [6.45, 7) is 4.94. The second kappa shape index (κ2) is 3.54. The van der Waals surface area contributed by atoms with E-state index < -0.39 is 0 Å². The van der Waals surface area contributed by atoms with Crippen LogP contribution in [0.5, 0.6) is 0 Å². The van der Waals surface area contributed by atoms with Gasteiger partial charge in [-0.1, -0.05) is 0 Å². The molecule has 0 aromatic rings. The predicted molar refractivity (Wildman–Crippen MR) is 56.0 cm³/mol. The molecule has 1 saturated heterocycles. The number of amides is 1. The molecule has 3 nitrogen and oxygen atoms in total. The van der Waals surface area contributed by atoms with Crippen molar-refractivity contribution >= 4 is 5.91 Å². The standard InChI is InChI=1S/C11H20N2O/c1-8(14)13-11(2)6-9-4-3-5-12-10(9)7-11/h9-10,12H,3-7H2,1-2H3,(H,13,14). The van der Waals surface area contributed by atoms with E-state index in [2.05, 4.69) is 17.6 Å². The van der Waals surface area contributed by atoms with Gasteiger partial charge in [-0.25, -0.2) is 0 Å². The smallest absolute Gasteiger partial charge is 0.217 e. The second-order valence-electron chi connectivity index (χ2n) is 5.11. The van der Waals surface area contributed by atoms with Gasteiger partial charge in [-0.3, -0.25) is 4.79 Å². The van der Waals surface area contributed by atoms with E-state index in [-0.39, 0.29) is 11.4 Å². The van der Waals surface area contributed by atoms with Crippen LogP contribution in [0.4, 0.5) is 0 Å². The molecule has 3 heteroatoms. The largest absolute Gasteiger partial charge is 0.351 e. The summed E-state index contributed by atoms with van der Waals surface area (Å²) < 4.78 is 0. The molecule has 1 saturated carbocycles. The molecule has 2 fully saturated rings. The van der Waals surface area contributed by atoms with Crippen LogP contribution < -0.4 is 10.6 Å². The van der Waals surface area contributed by atoms with Gasteiger partial charge in [0.2, 0.25) is 5.91 Å². The Morgan fingerprint density at radius 2 is 2.29 bits per heavy atom. The average Bonchev–Trinajstić information content (AvgIpc) is 2.38. The monoisotopic (exact) mass is 196 g/mol. The van der Waals surface area contributed by atoms with E-state index in [0.29, 0.717) is 6.04 Å². The van der Waals surface area contributed by atoms with Crippen LogP contribution >= 0.6 is 0 Å². The second-order valence-corrected chi connectivity index (χ2v) is 5.11. The molecule has 3 unspecified atom stereocenters. The van der Waals surface area contributed by atoms with Gasteiger partial charge in [0.15, 0.2) is 0 Å². The van der Waals surface area contributed by atoms with Crippen molar-refractivity contribution in [2.75, 3.05) is 6.54 Å². The van der Waals surface area contributed by atoms with E-state index in [1.807, 2.05) is 0 Å². The molecule has 0 radical (unpaired) electrons. The van der Waals surface area contributed by atoms with Gasteiger partial charge in [0.1, 0.15) is 0 Å². The molecule has 0 bridgehead atoms. The van der Waals surface area contributed by atoms with Gasteiger partial charge in [-0.05, 0) is 45.1 Å². The van der Waals surface area contributed by atoms with Crippen LogP contribution in [0.3, 0.4) is 0 Å². The van der Waals surface area contributed by atoms with Crippen molar-refractivity contribution in [3.63, 3.8) is 0 Å². The Kier molecular flexibility index (Phi) is 2.52. The fraction of sp³-hybridized carbons (Fsp3) is 0.909. The first-order valence-electron chi connectivity index (χ1n) is 5.61. The van der Waals surface area contributed by atoms with Crippen molar-refractivity contribution < 1.29 is 4.79 Å². The minimum atomic E-state index is 0.0402. The van der Waals surface area contributed by atoms with Gasteiger partial charge in [-0.2, -0.15) is 0 Å². The molecular formula is C11H20N2O. The Bertz CT molecular complexity index is 225. The third kappa shape index (κ3) is 1.92. The maximum Gasteiger partial charge on any atom is 0.217 e.